The molecular formula is C18H29BrFN. The van der Waals surface area contributed by atoms with Gasteiger partial charge in [-0.3, -0.25) is 0 Å². The minimum Gasteiger partial charge on any atom is -0.314 e. The first-order valence-corrected chi connectivity index (χ1v) is 8.70. The van der Waals surface area contributed by atoms with Gasteiger partial charge in [0.2, 0.25) is 0 Å². The standard InChI is InChI=1S/C18H29BrFN/c1-6-9-21-16(10-13(2)18(3,4)5)12-14-11-15(19)7-8-17(14)20/h7-8,11,13,16,21H,6,9-10,12H2,1-5H3. The second-order valence-electron chi connectivity index (χ2n) is 7.09. The maximum atomic E-state index is 14.0. The van der Waals surface area contributed by atoms with Crippen molar-refractivity contribution in [1.82, 2.24) is 5.32 Å². The Kier molecular flexibility index (Phi) is 7.35. The predicted molar refractivity (Wildman–Crippen MR) is 93.1 cm³/mol. The van der Waals surface area contributed by atoms with Gasteiger partial charge in [-0.05, 0) is 60.9 Å². The summed E-state index contributed by atoms with van der Waals surface area (Å²) in [7, 11) is 0. The number of benzene rings is 1. The minimum absolute atomic E-state index is 0.107. The third-order valence-corrected chi connectivity index (χ3v) is 4.77. The van der Waals surface area contributed by atoms with E-state index >= 15 is 0 Å². The van der Waals surface area contributed by atoms with Crippen molar-refractivity contribution in [2.75, 3.05) is 6.54 Å². The molecule has 0 fully saturated rings. The Bertz CT molecular complexity index is 439. The lowest BCUT2D eigenvalue weighted by Gasteiger charge is -2.31. The van der Waals surface area contributed by atoms with Crippen LogP contribution in [0.25, 0.3) is 0 Å². The Morgan fingerprint density at radius 2 is 1.95 bits per heavy atom. The molecule has 2 atom stereocenters. The van der Waals surface area contributed by atoms with E-state index in [0.717, 1.165) is 35.8 Å². The zero-order chi connectivity index (χ0) is 16.0. The quantitative estimate of drug-likeness (QED) is 0.672. The van der Waals surface area contributed by atoms with Crippen LogP contribution >= 0.6 is 15.9 Å². The van der Waals surface area contributed by atoms with Crippen LogP contribution in [0.15, 0.2) is 22.7 Å². The molecule has 3 heteroatoms. The molecular weight excluding hydrogens is 329 g/mol. The number of halogens is 2. The predicted octanol–water partition coefficient (Wildman–Crippen LogP) is 5.57. The van der Waals surface area contributed by atoms with E-state index in [1.165, 1.54) is 0 Å². The van der Waals surface area contributed by atoms with Gasteiger partial charge in [0.05, 0.1) is 0 Å². The molecule has 1 nitrogen and oxygen atoms in total. The van der Waals surface area contributed by atoms with Gasteiger partial charge in [-0.25, -0.2) is 4.39 Å². The van der Waals surface area contributed by atoms with Crippen LogP contribution in [-0.4, -0.2) is 12.6 Å². The molecule has 0 aromatic heterocycles. The van der Waals surface area contributed by atoms with Gasteiger partial charge in [-0.15, -0.1) is 0 Å². The van der Waals surface area contributed by atoms with Gasteiger partial charge in [0.1, 0.15) is 5.82 Å². The summed E-state index contributed by atoms with van der Waals surface area (Å²) in [5, 5.41) is 3.59. The van der Waals surface area contributed by atoms with Crippen molar-refractivity contribution in [2.45, 2.75) is 59.9 Å². The molecule has 1 aromatic carbocycles. The van der Waals surface area contributed by atoms with E-state index in [9.17, 15) is 4.39 Å². The monoisotopic (exact) mass is 357 g/mol. The summed E-state index contributed by atoms with van der Waals surface area (Å²) in [6.45, 7) is 12.3. The highest BCUT2D eigenvalue weighted by molar-refractivity contribution is 9.10. The smallest absolute Gasteiger partial charge is 0.126 e. The molecule has 1 aromatic rings. The molecule has 0 spiro atoms. The van der Waals surface area contributed by atoms with Gasteiger partial charge >= 0.3 is 0 Å². The van der Waals surface area contributed by atoms with Crippen LogP contribution in [-0.2, 0) is 6.42 Å². The third kappa shape index (κ3) is 6.48. The Morgan fingerprint density at radius 1 is 1.29 bits per heavy atom. The van der Waals surface area contributed by atoms with Gasteiger partial charge < -0.3 is 5.32 Å². The van der Waals surface area contributed by atoms with E-state index < -0.39 is 0 Å². The second kappa shape index (κ2) is 8.28. The lowest BCUT2D eigenvalue weighted by molar-refractivity contribution is 0.221. The van der Waals surface area contributed by atoms with Crippen LogP contribution in [0.5, 0.6) is 0 Å². The van der Waals surface area contributed by atoms with Crippen LogP contribution in [0.4, 0.5) is 4.39 Å². The zero-order valence-corrected chi connectivity index (χ0v) is 15.6. The van der Waals surface area contributed by atoms with Gasteiger partial charge in [-0.1, -0.05) is 50.5 Å². The minimum atomic E-state index is -0.107. The van der Waals surface area contributed by atoms with E-state index in [4.69, 9.17) is 0 Å². The van der Waals surface area contributed by atoms with Crippen LogP contribution < -0.4 is 5.32 Å². The largest absolute Gasteiger partial charge is 0.314 e. The molecule has 0 radical (unpaired) electrons. The Hall–Kier alpha value is -0.410. The van der Waals surface area contributed by atoms with E-state index in [1.807, 2.05) is 6.07 Å². The van der Waals surface area contributed by atoms with Crippen molar-refractivity contribution in [2.24, 2.45) is 11.3 Å². The second-order valence-corrected chi connectivity index (χ2v) is 8.01. The van der Waals surface area contributed by atoms with Crippen LogP contribution in [0.3, 0.4) is 0 Å². The first kappa shape index (κ1) is 18.6. The lowest BCUT2D eigenvalue weighted by atomic mass is 9.77. The van der Waals surface area contributed by atoms with E-state index in [0.29, 0.717) is 12.0 Å². The normalized spacial score (nSPS) is 15.0. The maximum Gasteiger partial charge on any atom is 0.126 e. The van der Waals surface area contributed by atoms with Gasteiger partial charge in [-0.2, -0.15) is 0 Å². The Morgan fingerprint density at radius 3 is 2.52 bits per heavy atom. The van der Waals surface area contributed by atoms with Crippen molar-refractivity contribution in [3.8, 4) is 0 Å². The maximum absolute atomic E-state index is 14.0. The molecule has 120 valence electrons. The fourth-order valence-electron chi connectivity index (χ4n) is 2.33. The molecule has 0 saturated carbocycles. The fourth-order valence-corrected chi connectivity index (χ4v) is 2.74. The summed E-state index contributed by atoms with van der Waals surface area (Å²) >= 11 is 3.43. The van der Waals surface area contributed by atoms with Crippen molar-refractivity contribution < 1.29 is 4.39 Å². The Labute approximate surface area is 137 Å². The Balaban J connectivity index is 2.80. The summed E-state index contributed by atoms with van der Waals surface area (Å²) in [6.07, 6.45) is 2.91. The van der Waals surface area contributed by atoms with Crippen LogP contribution in [0, 0.1) is 17.2 Å². The summed E-state index contributed by atoms with van der Waals surface area (Å²) < 4.78 is 14.9. The average molecular weight is 358 g/mol. The molecule has 0 aliphatic rings. The average Bonchev–Trinajstić information content (AvgIpc) is 2.39. The number of rotatable bonds is 7. The molecule has 0 heterocycles. The highest BCUT2D eigenvalue weighted by Crippen LogP contribution is 2.30. The molecule has 21 heavy (non-hydrogen) atoms. The molecule has 0 amide bonds. The van der Waals surface area contributed by atoms with Gasteiger partial charge in [0, 0.05) is 10.5 Å². The highest BCUT2D eigenvalue weighted by Gasteiger charge is 2.24. The van der Waals surface area contributed by atoms with Crippen molar-refractivity contribution in [1.29, 1.82) is 0 Å². The molecule has 0 aliphatic carbocycles. The third-order valence-electron chi connectivity index (χ3n) is 4.27. The summed E-state index contributed by atoms with van der Waals surface area (Å²) in [6, 6.07) is 5.52. The summed E-state index contributed by atoms with van der Waals surface area (Å²) in [5.74, 6) is 0.479. The number of hydrogen-bond acceptors (Lipinski definition) is 1. The molecule has 1 rings (SSSR count). The highest BCUT2D eigenvalue weighted by atomic mass is 79.9. The van der Waals surface area contributed by atoms with Gasteiger partial charge in [0.25, 0.3) is 0 Å². The van der Waals surface area contributed by atoms with Gasteiger partial charge in [0.15, 0.2) is 0 Å². The van der Waals surface area contributed by atoms with E-state index in [2.05, 4.69) is 55.9 Å². The van der Waals surface area contributed by atoms with Crippen molar-refractivity contribution in [3.05, 3.63) is 34.1 Å². The number of hydrogen-bond donors (Lipinski definition) is 1. The zero-order valence-electron chi connectivity index (χ0n) is 14.0. The molecule has 0 saturated heterocycles. The topological polar surface area (TPSA) is 12.0 Å². The SMILES string of the molecule is CCCNC(Cc1cc(Br)ccc1F)CC(C)C(C)(C)C. The van der Waals surface area contributed by atoms with Crippen LogP contribution in [0.2, 0.25) is 0 Å². The van der Waals surface area contributed by atoms with Crippen molar-refractivity contribution in [3.63, 3.8) is 0 Å². The summed E-state index contributed by atoms with van der Waals surface area (Å²) in [5.41, 5.74) is 1.07. The molecule has 1 N–H and O–H groups in total. The van der Waals surface area contributed by atoms with E-state index in [1.54, 1.807) is 12.1 Å². The number of nitrogens with one attached hydrogen (secondary N) is 1. The lowest BCUT2D eigenvalue weighted by Crippen LogP contribution is -2.36. The first-order valence-electron chi connectivity index (χ1n) is 7.91. The van der Waals surface area contributed by atoms with Crippen molar-refractivity contribution >= 4 is 15.9 Å². The van der Waals surface area contributed by atoms with E-state index in [-0.39, 0.29) is 11.2 Å². The molecule has 0 bridgehead atoms. The van der Waals surface area contributed by atoms with Crippen LogP contribution in [0.1, 0.15) is 53.0 Å². The molecule has 0 aliphatic heterocycles. The first-order chi connectivity index (χ1) is 9.74. The summed E-state index contributed by atoms with van der Waals surface area (Å²) in [4.78, 5) is 0. The fraction of sp³-hybridized carbons (Fsp3) is 0.667. The molecule has 2 unspecified atom stereocenters.